The van der Waals surface area contributed by atoms with Gasteiger partial charge in [0.1, 0.15) is 5.82 Å². The molecule has 0 unspecified atom stereocenters. The normalized spacial score (nSPS) is 14.3. The average molecular weight is 320 g/mol. The van der Waals surface area contributed by atoms with E-state index in [1.807, 2.05) is 35.2 Å². The summed E-state index contributed by atoms with van der Waals surface area (Å²) in [7, 11) is 0. The molecule has 0 aliphatic carbocycles. The van der Waals surface area contributed by atoms with Crippen molar-refractivity contribution in [1.29, 1.82) is 0 Å². The molecule has 0 saturated carbocycles. The first-order valence-corrected chi connectivity index (χ1v) is 8.17. The monoisotopic (exact) mass is 320 g/mol. The van der Waals surface area contributed by atoms with Gasteiger partial charge in [-0.15, -0.1) is 0 Å². The zero-order valence-electron chi connectivity index (χ0n) is 13.2. The summed E-state index contributed by atoms with van der Waals surface area (Å²) in [5.41, 5.74) is 2.86. The van der Waals surface area contributed by atoms with Crippen molar-refractivity contribution in [3.05, 3.63) is 66.1 Å². The first kappa shape index (κ1) is 14.8. The van der Waals surface area contributed by atoms with Crippen molar-refractivity contribution in [2.75, 3.05) is 13.1 Å². The highest BCUT2D eigenvalue weighted by atomic mass is 19.1. The van der Waals surface area contributed by atoms with Crippen LogP contribution in [0.1, 0.15) is 23.2 Å². The SMILES string of the molecule is O=C(c1c(-c2ccccc2)cnc2ccc(F)cc12)N1CCCC1. The Hall–Kier alpha value is -2.75. The van der Waals surface area contributed by atoms with E-state index < -0.39 is 0 Å². The Bertz CT molecular complexity index is 902. The summed E-state index contributed by atoms with van der Waals surface area (Å²) in [6.07, 6.45) is 3.76. The van der Waals surface area contributed by atoms with Crippen molar-refractivity contribution in [1.82, 2.24) is 9.88 Å². The topological polar surface area (TPSA) is 33.2 Å². The molecule has 0 spiro atoms. The molecule has 1 aromatic heterocycles. The number of benzene rings is 2. The number of amides is 1. The van der Waals surface area contributed by atoms with Crippen molar-refractivity contribution in [2.24, 2.45) is 0 Å². The van der Waals surface area contributed by atoms with Crippen molar-refractivity contribution in [3.8, 4) is 11.1 Å². The van der Waals surface area contributed by atoms with E-state index >= 15 is 0 Å². The lowest BCUT2D eigenvalue weighted by molar-refractivity contribution is 0.0795. The first-order valence-electron chi connectivity index (χ1n) is 8.17. The van der Waals surface area contributed by atoms with Crippen LogP contribution in [0.2, 0.25) is 0 Å². The van der Waals surface area contributed by atoms with Gasteiger partial charge >= 0.3 is 0 Å². The Morgan fingerprint density at radius 3 is 2.54 bits per heavy atom. The maximum Gasteiger partial charge on any atom is 0.255 e. The fourth-order valence-corrected chi connectivity index (χ4v) is 3.31. The number of nitrogens with zero attached hydrogens (tertiary/aromatic N) is 2. The summed E-state index contributed by atoms with van der Waals surface area (Å²) < 4.78 is 13.8. The van der Waals surface area contributed by atoms with E-state index in [0.29, 0.717) is 16.5 Å². The summed E-state index contributed by atoms with van der Waals surface area (Å²) in [4.78, 5) is 19.4. The van der Waals surface area contributed by atoms with Crippen LogP contribution < -0.4 is 0 Å². The average Bonchev–Trinajstić information content (AvgIpc) is 3.15. The Kier molecular flexibility index (Phi) is 3.73. The van der Waals surface area contributed by atoms with E-state index in [-0.39, 0.29) is 11.7 Å². The van der Waals surface area contributed by atoms with Gasteiger partial charge in [0.25, 0.3) is 5.91 Å². The molecule has 4 rings (SSSR count). The van der Waals surface area contributed by atoms with Gasteiger partial charge in [0.05, 0.1) is 11.1 Å². The lowest BCUT2D eigenvalue weighted by Gasteiger charge is -2.19. The molecule has 3 nitrogen and oxygen atoms in total. The number of halogens is 1. The molecule has 120 valence electrons. The van der Waals surface area contributed by atoms with Gasteiger partial charge < -0.3 is 4.90 Å². The molecule has 0 N–H and O–H groups in total. The van der Waals surface area contributed by atoms with Gasteiger partial charge in [-0.1, -0.05) is 30.3 Å². The van der Waals surface area contributed by atoms with Crippen LogP contribution in [-0.4, -0.2) is 28.9 Å². The van der Waals surface area contributed by atoms with Crippen LogP contribution in [0.3, 0.4) is 0 Å². The molecule has 1 aliphatic rings. The van der Waals surface area contributed by atoms with Crippen molar-refractivity contribution in [2.45, 2.75) is 12.8 Å². The lowest BCUT2D eigenvalue weighted by Crippen LogP contribution is -2.28. The number of likely N-dealkylation sites (tertiary alicyclic amines) is 1. The third-order valence-corrected chi connectivity index (χ3v) is 4.52. The summed E-state index contributed by atoms with van der Waals surface area (Å²) in [6.45, 7) is 1.51. The van der Waals surface area contributed by atoms with Crippen LogP contribution in [0.5, 0.6) is 0 Å². The van der Waals surface area contributed by atoms with E-state index in [0.717, 1.165) is 37.1 Å². The predicted molar refractivity (Wildman–Crippen MR) is 92.3 cm³/mol. The quantitative estimate of drug-likeness (QED) is 0.706. The zero-order chi connectivity index (χ0) is 16.5. The molecule has 1 aliphatic heterocycles. The number of rotatable bonds is 2. The summed E-state index contributed by atoms with van der Waals surface area (Å²) >= 11 is 0. The molecule has 0 radical (unpaired) electrons. The zero-order valence-corrected chi connectivity index (χ0v) is 13.2. The van der Waals surface area contributed by atoms with Crippen molar-refractivity contribution >= 4 is 16.8 Å². The molecule has 0 atom stereocenters. The summed E-state index contributed by atoms with van der Waals surface area (Å²) in [5, 5.41) is 0.577. The van der Waals surface area contributed by atoms with Crippen molar-refractivity contribution < 1.29 is 9.18 Å². The van der Waals surface area contributed by atoms with Crippen LogP contribution in [0.4, 0.5) is 4.39 Å². The van der Waals surface area contributed by atoms with E-state index in [4.69, 9.17) is 0 Å². The number of carbonyl (C=O) groups excluding carboxylic acids is 1. The number of hydrogen-bond acceptors (Lipinski definition) is 2. The molecule has 1 fully saturated rings. The number of aromatic nitrogens is 1. The molecule has 4 heteroatoms. The van der Waals surface area contributed by atoms with E-state index in [1.165, 1.54) is 12.1 Å². The second kappa shape index (κ2) is 6.04. The Labute approximate surface area is 139 Å². The molecule has 2 heterocycles. The standard InChI is InChI=1S/C20H17FN2O/c21-15-8-9-18-16(12-15)19(20(24)23-10-4-5-11-23)17(13-22-18)14-6-2-1-3-7-14/h1-3,6-9,12-13H,4-5,10-11H2. The second-order valence-electron chi connectivity index (χ2n) is 6.07. The molecule has 0 bridgehead atoms. The minimum atomic E-state index is -0.356. The van der Waals surface area contributed by atoms with Crippen LogP contribution in [-0.2, 0) is 0 Å². The smallest absolute Gasteiger partial charge is 0.255 e. The van der Waals surface area contributed by atoms with Gasteiger partial charge in [0.2, 0.25) is 0 Å². The van der Waals surface area contributed by atoms with Crippen LogP contribution in [0, 0.1) is 5.82 Å². The molecular weight excluding hydrogens is 303 g/mol. The van der Waals surface area contributed by atoms with Gasteiger partial charge in [-0.25, -0.2) is 4.39 Å². The van der Waals surface area contributed by atoms with Gasteiger partial charge in [-0.05, 0) is 36.6 Å². The highest BCUT2D eigenvalue weighted by molar-refractivity contribution is 6.11. The van der Waals surface area contributed by atoms with Crippen molar-refractivity contribution in [3.63, 3.8) is 0 Å². The molecule has 2 aromatic carbocycles. The van der Waals surface area contributed by atoms with Gasteiger partial charge in [0, 0.05) is 30.2 Å². The molecule has 24 heavy (non-hydrogen) atoms. The molecule has 1 saturated heterocycles. The fraction of sp³-hybridized carbons (Fsp3) is 0.200. The van der Waals surface area contributed by atoms with Crippen LogP contribution >= 0.6 is 0 Å². The third-order valence-electron chi connectivity index (χ3n) is 4.52. The predicted octanol–water partition coefficient (Wildman–Crippen LogP) is 4.28. The molecule has 3 aromatic rings. The number of pyridine rings is 1. The van der Waals surface area contributed by atoms with Crippen LogP contribution in [0.15, 0.2) is 54.7 Å². The maximum absolute atomic E-state index is 13.8. The first-order chi connectivity index (χ1) is 11.7. The number of hydrogen-bond donors (Lipinski definition) is 0. The van der Waals surface area contributed by atoms with Gasteiger partial charge in [-0.3, -0.25) is 9.78 Å². The largest absolute Gasteiger partial charge is 0.339 e. The number of carbonyl (C=O) groups is 1. The van der Waals surface area contributed by atoms with E-state index in [2.05, 4.69) is 4.98 Å². The summed E-state index contributed by atoms with van der Waals surface area (Å²) in [6, 6.07) is 14.1. The molecule has 1 amide bonds. The van der Waals surface area contributed by atoms with Crippen LogP contribution in [0.25, 0.3) is 22.0 Å². The maximum atomic E-state index is 13.8. The van der Waals surface area contributed by atoms with Gasteiger partial charge in [-0.2, -0.15) is 0 Å². The highest BCUT2D eigenvalue weighted by Crippen LogP contribution is 2.31. The Morgan fingerprint density at radius 2 is 1.79 bits per heavy atom. The third kappa shape index (κ3) is 2.54. The van der Waals surface area contributed by atoms with E-state index in [9.17, 15) is 9.18 Å². The van der Waals surface area contributed by atoms with E-state index in [1.54, 1.807) is 12.3 Å². The molecular formula is C20H17FN2O. The Morgan fingerprint density at radius 1 is 1.04 bits per heavy atom. The fourth-order valence-electron chi connectivity index (χ4n) is 3.31. The highest BCUT2D eigenvalue weighted by Gasteiger charge is 2.25. The summed E-state index contributed by atoms with van der Waals surface area (Å²) in [5.74, 6) is -0.394. The minimum Gasteiger partial charge on any atom is -0.339 e. The van der Waals surface area contributed by atoms with Gasteiger partial charge in [0.15, 0.2) is 0 Å². The number of fused-ring (bicyclic) bond motifs is 1. The Balaban J connectivity index is 1.98. The second-order valence-corrected chi connectivity index (χ2v) is 6.07. The lowest BCUT2D eigenvalue weighted by atomic mass is 9.97. The minimum absolute atomic E-state index is 0.0376.